The summed E-state index contributed by atoms with van der Waals surface area (Å²) in [6, 6.07) is -0.195. The van der Waals surface area contributed by atoms with Crippen molar-refractivity contribution >= 4 is 12.0 Å². The normalized spacial score (nSPS) is 19.5. The highest BCUT2D eigenvalue weighted by Crippen LogP contribution is 2.11. The smallest absolute Gasteiger partial charge is 0.334 e. The number of hydrogen-bond acceptors (Lipinski definition) is 4. The molecule has 1 fully saturated rings. The van der Waals surface area contributed by atoms with Crippen molar-refractivity contribution in [3.8, 4) is 0 Å². The van der Waals surface area contributed by atoms with Crippen LogP contribution in [0.4, 0.5) is 4.79 Å². The summed E-state index contributed by atoms with van der Waals surface area (Å²) in [6.07, 6.45) is 2.10. The summed E-state index contributed by atoms with van der Waals surface area (Å²) >= 11 is 0. The van der Waals surface area contributed by atoms with Gasteiger partial charge in [0.15, 0.2) is 6.10 Å². The summed E-state index contributed by atoms with van der Waals surface area (Å²) in [5.74, 6) is -1.35. The molecular weight excluding hydrogens is 250 g/mol. The molecule has 1 aliphatic rings. The van der Waals surface area contributed by atoms with Crippen molar-refractivity contribution in [2.45, 2.75) is 38.3 Å². The fourth-order valence-electron chi connectivity index (χ4n) is 2.07. The predicted octanol–water partition coefficient (Wildman–Crippen LogP) is -0.394. The molecule has 0 aromatic rings. The first-order valence-electron chi connectivity index (χ1n) is 6.67. The molecular formula is C12H23N3O4. The largest absolute Gasteiger partial charge is 0.479 e. The second-order valence-corrected chi connectivity index (χ2v) is 4.89. The van der Waals surface area contributed by atoms with Gasteiger partial charge in [-0.05, 0) is 32.9 Å². The molecule has 2 amide bonds. The third-order valence-electron chi connectivity index (χ3n) is 3.31. The molecule has 0 radical (unpaired) electrons. The van der Waals surface area contributed by atoms with Crippen LogP contribution in [0.15, 0.2) is 0 Å². The van der Waals surface area contributed by atoms with Crippen LogP contribution < -0.4 is 10.6 Å². The van der Waals surface area contributed by atoms with Crippen LogP contribution in [0, 0.1) is 0 Å². The molecule has 1 saturated heterocycles. The van der Waals surface area contributed by atoms with Crippen LogP contribution >= 0.6 is 0 Å². The standard InChI is InChI=1S/C12H23N3O4/c1-9(15-5-3-2-4-6-15)7-13-12(19)14-8-10(16)11(17)18/h9-10,16H,2-8H2,1H3,(H,17,18)(H2,13,14,19). The third kappa shape index (κ3) is 5.89. The quantitative estimate of drug-likeness (QED) is 0.528. The van der Waals surface area contributed by atoms with Crippen LogP contribution in [0.2, 0.25) is 0 Å². The van der Waals surface area contributed by atoms with Crippen LogP contribution in [0.5, 0.6) is 0 Å². The lowest BCUT2D eigenvalue weighted by atomic mass is 10.1. The van der Waals surface area contributed by atoms with E-state index >= 15 is 0 Å². The summed E-state index contributed by atoms with van der Waals surface area (Å²) in [5.41, 5.74) is 0. The molecule has 110 valence electrons. The number of amides is 2. The van der Waals surface area contributed by atoms with Crippen molar-refractivity contribution in [3.05, 3.63) is 0 Å². The van der Waals surface area contributed by atoms with Crippen molar-refractivity contribution in [2.24, 2.45) is 0 Å². The van der Waals surface area contributed by atoms with E-state index in [1.54, 1.807) is 0 Å². The monoisotopic (exact) mass is 273 g/mol. The van der Waals surface area contributed by atoms with Crippen molar-refractivity contribution in [2.75, 3.05) is 26.2 Å². The van der Waals surface area contributed by atoms with Gasteiger partial charge in [-0.15, -0.1) is 0 Å². The number of urea groups is 1. The van der Waals surface area contributed by atoms with Gasteiger partial charge in [-0.3, -0.25) is 4.90 Å². The second kappa shape index (κ2) is 7.96. The minimum absolute atomic E-state index is 0.260. The summed E-state index contributed by atoms with van der Waals surface area (Å²) in [7, 11) is 0. The number of nitrogens with one attached hydrogen (secondary N) is 2. The van der Waals surface area contributed by atoms with Crippen molar-refractivity contribution < 1.29 is 19.8 Å². The molecule has 0 spiro atoms. The number of piperidine rings is 1. The van der Waals surface area contributed by atoms with E-state index in [0.717, 1.165) is 13.1 Å². The minimum Gasteiger partial charge on any atom is -0.479 e. The fraction of sp³-hybridized carbons (Fsp3) is 0.833. The zero-order chi connectivity index (χ0) is 14.3. The Hall–Kier alpha value is -1.34. The van der Waals surface area contributed by atoms with Gasteiger partial charge in [-0.2, -0.15) is 0 Å². The van der Waals surface area contributed by atoms with Gasteiger partial charge in [0.05, 0.1) is 6.54 Å². The molecule has 0 aromatic heterocycles. The Morgan fingerprint density at radius 2 is 1.74 bits per heavy atom. The molecule has 2 atom stereocenters. The van der Waals surface area contributed by atoms with E-state index in [0.29, 0.717) is 6.54 Å². The maximum Gasteiger partial charge on any atom is 0.334 e. The molecule has 4 N–H and O–H groups in total. The molecule has 0 aromatic carbocycles. The Bertz CT molecular complexity index is 305. The van der Waals surface area contributed by atoms with Crippen molar-refractivity contribution in [3.63, 3.8) is 0 Å². The van der Waals surface area contributed by atoms with Gasteiger partial charge in [0.1, 0.15) is 0 Å². The average molecular weight is 273 g/mol. The van der Waals surface area contributed by atoms with Gasteiger partial charge in [-0.25, -0.2) is 9.59 Å². The molecule has 0 aliphatic carbocycles. The number of carboxylic acid groups (broad SMARTS) is 1. The summed E-state index contributed by atoms with van der Waals surface area (Å²) in [4.78, 5) is 24.1. The fourth-order valence-corrected chi connectivity index (χ4v) is 2.07. The van der Waals surface area contributed by atoms with Crippen LogP contribution in [-0.4, -0.2) is 65.4 Å². The number of likely N-dealkylation sites (tertiary alicyclic amines) is 1. The Kier molecular flexibility index (Phi) is 6.58. The number of carboxylic acids is 1. The highest BCUT2D eigenvalue weighted by Gasteiger charge is 2.18. The maximum absolute atomic E-state index is 11.4. The SMILES string of the molecule is CC(CNC(=O)NCC(O)C(=O)O)N1CCCCC1. The molecule has 0 bridgehead atoms. The lowest BCUT2D eigenvalue weighted by Crippen LogP contribution is -2.48. The average Bonchev–Trinajstić information content (AvgIpc) is 2.42. The molecule has 1 aliphatic heterocycles. The summed E-state index contributed by atoms with van der Waals surface area (Å²) in [6.45, 7) is 4.39. The lowest BCUT2D eigenvalue weighted by molar-refractivity contribution is -0.146. The van der Waals surface area contributed by atoms with Crippen LogP contribution in [0.1, 0.15) is 26.2 Å². The number of carbonyl (C=O) groups is 2. The number of carbonyl (C=O) groups excluding carboxylic acids is 1. The topological polar surface area (TPSA) is 102 Å². The minimum atomic E-state index is -1.56. The maximum atomic E-state index is 11.4. The molecule has 19 heavy (non-hydrogen) atoms. The molecule has 1 rings (SSSR count). The lowest BCUT2D eigenvalue weighted by Gasteiger charge is -2.32. The van der Waals surface area contributed by atoms with Gasteiger partial charge >= 0.3 is 12.0 Å². The number of nitrogens with zero attached hydrogens (tertiary/aromatic N) is 1. The van der Waals surface area contributed by atoms with E-state index in [4.69, 9.17) is 10.2 Å². The highest BCUT2D eigenvalue weighted by molar-refractivity contribution is 5.76. The molecule has 1 heterocycles. The number of hydrogen-bond donors (Lipinski definition) is 4. The Morgan fingerprint density at radius 1 is 1.16 bits per heavy atom. The second-order valence-electron chi connectivity index (χ2n) is 4.89. The Balaban J connectivity index is 2.16. The van der Waals surface area contributed by atoms with E-state index in [-0.39, 0.29) is 12.6 Å². The van der Waals surface area contributed by atoms with E-state index in [2.05, 4.69) is 22.5 Å². The van der Waals surface area contributed by atoms with Gasteiger partial charge < -0.3 is 20.8 Å². The van der Waals surface area contributed by atoms with Gasteiger partial charge in [0, 0.05) is 12.6 Å². The van der Waals surface area contributed by atoms with Crippen LogP contribution in [0.25, 0.3) is 0 Å². The van der Waals surface area contributed by atoms with Gasteiger partial charge in [-0.1, -0.05) is 6.42 Å². The number of aliphatic hydroxyl groups is 1. The first-order chi connectivity index (χ1) is 9.00. The Labute approximate surface area is 113 Å². The van der Waals surface area contributed by atoms with Gasteiger partial charge in [0.25, 0.3) is 0 Å². The highest BCUT2D eigenvalue weighted by atomic mass is 16.4. The molecule has 2 unspecified atom stereocenters. The first kappa shape index (κ1) is 15.7. The number of aliphatic hydroxyl groups excluding tert-OH is 1. The molecule has 7 nitrogen and oxygen atoms in total. The number of aliphatic carboxylic acids is 1. The Morgan fingerprint density at radius 3 is 2.32 bits per heavy atom. The zero-order valence-corrected chi connectivity index (χ0v) is 11.3. The van der Waals surface area contributed by atoms with E-state index in [1.807, 2.05) is 0 Å². The summed E-state index contributed by atoms with van der Waals surface area (Å²) in [5, 5.41) is 22.5. The predicted molar refractivity (Wildman–Crippen MR) is 69.9 cm³/mol. The van der Waals surface area contributed by atoms with Crippen LogP contribution in [-0.2, 0) is 4.79 Å². The number of rotatable bonds is 6. The van der Waals surface area contributed by atoms with Gasteiger partial charge in [0.2, 0.25) is 0 Å². The van der Waals surface area contributed by atoms with E-state index in [1.165, 1.54) is 19.3 Å². The van der Waals surface area contributed by atoms with E-state index in [9.17, 15) is 9.59 Å². The van der Waals surface area contributed by atoms with Crippen molar-refractivity contribution in [1.82, 2.24) is 15.5 Å². The van der Waals surface area contributed by atoms with E-state index < -0.39 is 18.1 Å². The van der Waals surface area contributed by atoms with Crippen LogP contribution in [0.3, 0.4) is 0 Å². The molecule has 0 saturated carbocycles. The first-order valence-corrected chi connectivity index (χ1v) is 6.67. The zero-order valence-electron chi connectivity index (χ0n) is 11.3. The molecule has 7 heteroatoms. The third-order valence-corrected chi connectivity index (χ3v) is 3.31. The summed E-state index contributed by atoms with van der Waals surface area (Å²) < 4.78 is 0. The van der Waals surface area contributed by atoms with Crippen molar-refractivity contribution in [1.29, 1.82) is 0 Å².